The highest BCUT2D eigenvalue weighted by atomic mass is 14.7. The first-order valence-electron chi connectivity index (χ1n) is 24.2. The molecule has 0 spiro atoms. The second-order valence-electron chi connectivity index (χ2n) is 17.9. The van der Waals surface area contributed by atoms with E-state index in [-0.39, 0.29) is 0 Å². The average Bonchev–Trinajstić information content (AvgIpc) is 3.45. The summed E-state index contributed by atoms with van der Waals surface area (Å²) in [6.07, 6.45) is 9.41. The van der Waals surface area contributed by atoms with E-state index in [1.54, 1.807) is 0 Å². The normalized spacial score (nSPS) is 11.1. The minimum absolute atomic E-state index is 0.943. The average molecular weight is 898 g/mol. The monoisotopic (exact) mass is 897 g/mol. The third kappa shape index (κ3) is 10.2. The molecule has 0 radical (unpaired) electrons. The maximum atomic E-state index is 4.83. The van der Waals surface area contributed by atoms with Crippen LogP contribution in [-0.2, 0) is 25.7 Å². The van der Waals surface area contributed by atoms with Gasteiger partial charge in [0.15, 0.2) is 0 Å². The molecule has 3 heterocycles. The molecule has 0 amide bonds. The quantitative estimate of drug-likeness (QED) is 0.109. The highest BCUT2D eigenvalue weighted by molar-refractivity contribution is 5.85. The Morgan fingerprint density at radius 3 is 1.07 bits per heavy atom. The maximum Gasteiger partial charge on any atom is 0.0708 e. The van der Waals surface area contributed by atoms with Gasteiger partial charge in [-0.15, -0.1) is 0 Å². The van der Waals surface area contributed by atoms with Gasteiger partial charge < -0.3 is 0 Å². The van der Waals surface area contributed by atoms with Crippen molar-refractivity contribution in [2.75, 3.05) is 0 Å². The first-order valence-corrected chi connectivity index (χ1v) is 24.2. The SMILES string of the molecule is c1ccc(-c2ccc(-c3ccc(-c4ccnc(-c5ccc(-c6ccccc6-c6cc(CCc7ccc(-c8ccccn8)cc7)cc(CCc7ccc(-c8ccccn8)cc7)c6)cc5)c4)cc3)cc2)cc1. The van der Waals surface area contributed by atoms with Crippen LogP contribution in [0.15, 0.2) is 261 Å². The van der Waals surface area contributed by atoms with Gasteiger partial charge in [0.2, 0.25) is 0 Å². The van der Waals surface area contributed by atoms with Crippen molar-refractivity contribution in [3.8, 4) is 89.4 Å². The summed E-state index contributed by atoms with van der Waals surface area (Å²) in [5.74, 6) is 0. The Bertz CT molecular complexity index is 3350. The third-order valence-electron chi connectivity index (χ3n) is 13.3. The van der Waals surface area contributed by atoms with Gasteiger partial charge in [-0.2, -0.15) is 0 Å². The zero-order valence-electron chi connectivity index (χ0n) is 39.0. The largest absolute Gasteiger partial charge is 0.256 e. The van der Waals surface area contributed by atoms with Crippen LogP contribution in [0.3, 0.4) is 0 Å². The van der Waals surface area contributed by atoms with Crippen molar-refractivity contribution >= 4 is 0 Å². The summed E-state index contributed by atoms with van der Waals surface area (Å²) in [5, 5.41) is 0. The first kappa shape index (κ1) is 43.8. The van der Waals surface area contributed by atoms with E-state index in [9.17, 15) is 0 Å². The van der Waals surface area contributed by atoms with Crippen LogP contribution in [0.1, 0.15) is 22.3 Å². The van der Waals surface area contributed by atoms with Gasteiger partial charge in [-0.1, -0.05) is 206 Å². The lowest BCUT2D eigenvalue weighted by Gasteiger charge is -2.15. The Kier molecular flexibility index (Phi) is 12.9. The van der Waals surface area contributed by atoms with E-state index in [1.807, 2.05) is 42.9 Å². The Morgan fingerprint density at radius 1 is 0.200 bits per heavy atom. The summed E-state index contributed by atoms with van der Waals surface area (Å²) in [6.45, 7) is 0. The summed E-state index contributed by atoms with van der Waals surface area (Å²) in [5.41, 5.74) is 23.7. The fourth-order valence-corrected chi connectivity index (χ4v) is 9.45. The molecule has 0 atom stereocenters. The van der Waals surface area contributed by atoms with Crippen LogP contribution >= 0.6 is 0 Å². The standard InChI is InChI=1S/C67H51N3/c1-2-10-52(11-3-1)53-28-30-54(31-29-53)55-32-34-56(35-33-55)61-40-43-70-67(47-61)60-38-36-57(37-39-60)63-12-4-5-13-64(63)62-45-50(18-16-48-20-24-58(25-21-48)65-14-6-8-41-68-65)44-51(46-62)19-17-49-22-26-59(27-23-49)66-15-7-9-42-69-66/h1-15,20-47H,16-19H2. The van der Waals surface area contributed by atoms with E-state index in [0.29, 0.717) is 0 Å². The molecule has 0 aliphatic heterocycles. The van der Waals surface area contributed by atoms with Gasteiger partial charge in [-0.25, -0.2) is 0 Å². The van der Waals surface area contributed by atoms with Crippen molar-refractivity contribution in [3.05, 3.63) is 283 Å². The van der Waals surface area contributed by atoms with Gasteiger partial charge >= 0.3 is 0 Å². The van der Waals surface area contributed by atoms with Crippen molar-refractivity contribution in [1.82, 2.24) is 15.0 Å². The molecule has 8 aromatic carbocycles. The predicted molar refractivity (Wildman–Crippen MR) is 291 cm³/mol. The molecule has 0 fully saturated rings. The van der Waals surface area contributed by atoms with Crippen LogP contribution in [0, 0.1) is 0 Å². The van der Waals surface area contributed by atoms with Crippen molar-refractivity contribution < 1.29 is 0 Å². The molecule has 0 N–H and O–H groups in total. The van der Waals surface area contributed by atoms with Gasteiger partial charge in [-0.05, 0) is 140 Å². The van der Waals surface area contributed by atoms with Gasteiger partial charge in [0.1, 0.15) is 0 Å². The number of aryl methyl sites for hydroxylation is 4. The van der Waals surface area contributed by atoms with E-state index in [0.717, 1.165) is 70.6 Å². The number of hydrogen-bond donors (Lipinski definition) is 0. The predicted octanol–water partition coefficient (Wildman–Crippen LogP) is 16.8. The minimum Gasteiger partial charge on any atom is -0.256 e. The zero-order valence-corrected chi connectivity index (χ0v) is 39.0. The maximum absolute atomic E-state index is 4.83. The molecular weight excluding hydrogens is 847 g/mol. The summed E-state index contributed by atoms with van der Waals surface area (Å²) in [6, 6.07) is 87.3. The van der Waals surface area contributed by atoms with E-state index >= 15 is 0 Å². The lowest BCUT2D eigenvalue weighted by molar-refractivity contribution is 0.931. The Balaban J connectivity index is 0.831. The second-order valence-corrected chi connectivity index (χ2v) is 17.9. The van der Waals surface area contributed by atoms with Crippen LogP contribution in [0.2, 0.25) is 0 Å². The number of rotatable bonds is 14. The number of pyridine rings is 3. The topological polar surface area (TPSA) is 38.7 Å². The molecule has 0 unspecified atom stereocenters. The molecule has 0 aliphatic rings. The van der Waals surface area contributed by atoms with E-state index in [1.165, 1.54) is 66.8 Å². The fraction of sp³-hybridized carbons (Fsp3) is 0.0597. The van der Waals surface area contributed by atoms with Crippen LogP contribution in [0.4, 0.5) is 0 Å². The lowest BCUT2D eigenvalue weighted by Crippen LogP contribution is -1.98. The Morgan fingerprint density at radius 2 is 0.571 bits per heavy atom. The molecule has 11 aromatic rings. The molecule has 0 bridgehead atoms. The molecule has 3 aromatic heterocycles. The fourth-order valence-electron chi connectivity index (χ4n) is 9.45. The van der Waals surface area contributed by atoms with E-state index in [2.05, 4.69) is 228 Å². The van der Waals surface area contributed by atoms with Crippen LogP contribution < -0.4 is 0 Å². The molecule has 70 heavy (non-hydrogen) atoms. The highest BCUT2D eigenvalue weighted by Gasteiger charge is 2.13. The number of hydrogen-bond acceptors (Lipinski definition) is 3. The Hall–Kier alpha value is -8.79. The molecule has 0 saturated heterocycles. The summed E-state index contributed by atoms with van der Waals surface area (Å²) >= 11 is 0. The molecule has 3 heteroatoms. The van der Waals surface area contributed by atoms with Crippen molar-refractivity contribution in [1.29, 1.82) is 0 Å². The van der Waals surface area contributed by atoms with Crippen molar-refractivity contribution in [2.45, 2.75) is 25.7 Å². The Labute approximate surface area is 411 Å². The highest BCUT2D eigenvalue weighted by Crippen LogP contribution is 2.36. The van der Waals surface area contributed by atoms with E-state index in [4.69, 9.17) is 4.98 Å². The van der Waals surface area contributed by atoms with Crippen LogP contribution in [0.25, 0.3) is 89.4 Å². The summed E-state index contributed by atoms with van der Waals surface area (Å²) in [7, 11) is 0. The van der Waals surface area contributed by atoms with Gasteiger partial charge in [0, 0.05) is 35.3 Å². The summed E-state index contributed by atoms with van der Waals surface area (Å²) < 4.78 is 0. The number of aromatic nitrogens is 3. The third-order valence-corrected chi connectivity index (χ3v) is 13.3. The number of benzene rings is 8. The second kappa shape index (κ2) is 20.6. The van der Waals surface area contributed by atoms with Gasteiger partial charge in [-0.3, -0.25) is 15.0 Å². The molecule has 11 rings (SSSR count). The molecule has 0 saturated carbocycles. The molecule has 334 valence electrons. The van der Waals surface area contributed by atoms with Crippen molar-refractivity contribution in [2.24, 2.45) is 0 Å². The van der Waals surface area contributed by atoms with Crippen LogP contribution in [-0.4, -0.2) is 15.0 Å². The first-order chi connectivity index (χ1) is 34.6. The van der Waals surface area contributed by atoms with E-state index < -0.39 is 0 Å². The minimum atomic E-state index is 0.943. The van der Waals surface area contributed by atoms with Crippen LogP contribution in [0.5, 0.6) is 0 Å². The molecular formula is C67H51N3. The lowest BCUT2D eigenvalue weighted by atomic mass is 9.90. The number of nitrogens with zero attached hydrogens (tertiary/aromatic N) is 3. The van der Waals surface area contributed by atoms with Gasteiger partial charge in [0.05, 0.1) is 17.1 Å². The zero-order chi connectivity index (χ0) is 46.9. The summed E-state index contributed by atoms with van der Waals surface area (Å²) in [4.78, 5) is 13.9. The molecule has 0 aliphatic carbocycles. The smallest absolute Gasteiger partial charge is 0.0708 e. The molecule has 3 nitrogen and oxygen atoms in total. The van der Waals surface area contributed by atoms with Gasteiger partial charge in [0.25, 0.3) is 0 Å². The van der Waals surface area contributed by atoms with Crippen molar-refractivity contribution in [3.63, 3.8) is 0 Å².